The quantitative estimate of drug-likeness (QED) is 0.667. The molecule has 0 unspecified atom stereocenters. The van der Waals surface area contributed by atoms with Crippen LogP contribution in [0.3, 0.4) is 0 Å². The summed E-state index contributed by atoms with van der Waals surface area (Å²) in [6.45, 7) is 3.92. The Kier molecular flexibility index (Phi) is 5.56. The minimum atomic E-state index is 0.876. The second-order valence-electron chi connectivity index (χ2n) is 3.10. The predicted octanol–water partition coefficient (Wildman–Crippen LogP) is 4.24. The lowest BCUT2D eigenvalue weighted by Gasteiger charge is -1.97. The zero-order valence-corrected chi connectivity index (χ0v) is 9.67. The maximum absolute atomic E-state index is 4.33. The fourth-order valence-electron chi connectivity index (χ4n) is 1.10. The Morgan fingerprint density at radius 1 is 0.812 bits per heavy atom. The van der Waals surface area contributed by atoms with Crippen molar-refractivity contribution in [3.63, 3.8) is 0 Å². The van der Waals surface area contributed by atoms with E-state index in [4.69, 9.17) is 0 Å². The highest BCUT2D eigenvalue weighted by molar-refractivity contribution is 5.81. The molecular weight excluding hydrogens is 196 g/mol. The average Bonchev–Trinajstić information content (AvgIpc) is 2.32. The van der Waals surface area contributed by atoms with E-state index >= 15 is 0 Å². The van der Waals surface area contributed by atoms with E-state index in [1.54, 1.807) is 12.4 Å². The van der Waals surface area contributed by atoms with Crippen LogP contribution in [0.1, 0.15) is 13.8 Å². The maximum Gasteiger partial charge on any atom is 0.0886 e. The molecule has 0 N–H and O–H groups in total. The Bertz CT molecular complexity index is 385. The fourth-order valence-corrected chi connectivity index (χ4v) is 1.10. The molecule has 0 aliphatic rings. The molecule has 0 radical (unpaired) electrons. The summed E-state index contributed by atoms with van der Waals surface area (Å²) in [5.41, 5.74) is 1.75. The normalized spacial score (nSPS) is 12.6. The Labute approximate surface area is 96.8 Å². The van der Waals surface area contributed by atoms with Crippen molar-refractivity contribution in [2.24, 2.45) is 9.98 Å². The molecule has 0 heterocycles. The van der Waals surface area contributed by atoms with Crippen LogP contribution in [0.25, 0.3) is 0 Å². The highest BCUT2D eigenvalue weighted by Crippen LogP contribution is 2.26. The molecule has 0 atom stereocenters. The van der Waals surface area contributed by atoms with Crippen molar-refractivity contribution in [3.8, 4) is 0 Å². The fraction of sp³-hybridized carbons (Fsp3) is 0.143. The number of allylic oxidation sites excluding steroid dienone is 4. The van der Waals surface area contributed by atoms with Gasteiger partial charge in [-0.15, -0.1) is 0 Å². The summed E-state index contributed by atoms with van der Waals surface area (Å²) in [5.74, 6) is 0. The number of nitrogens with zero attached hydrogens (tertiary/aromatic N) is 2. The van der Waals surface area contributed by atoms with Gasteiger partial charge in [-0.3, -0.25) is 9.98 Å². The highest BCUT2D eigenvalue weighted by atomic mass is 14.8. The van der Waals surface area contributed by atoms with E-state index in [-0.39, 0.29) is 0 Å². The summed E-state index contributed by atoms with van der Waals surface area (Å²) < 4.78 is 0. The first-order valence-electron chi connectivity index (χ1n) is 5.28. The van der Waals surface area contributed by atoms with Crippen molar-refractivity contribution in [1.82, 2.24) is 0 Å². The second-order valence-corrected chi connectivity index (χ2v) is 3.10. The van der Waals surface area contributed by atoms with Gasteiger partial charge < -0.3 is 0 Å². The van der Waals surface area contributed by atoms with Gasteiger partial charge in [-0.25, -0.2) is 0 Å². The molecule has 0 fully saturated rings. The molecule has 0 aliphatic carbocycles. The van der Waals surface area contributed by atoms with Gasteiger partial charge in [0, 0.05) is 12.4 Å². The molecule has 1 aromatic carbocycles. The van der Waals surface area contributed by atoms with E-state index in [1.807, 2.05) is 62.4 Å². The van der Waals surface area contributed by atoms with Gasteiger partial charge in [0.15, 0.2) is 0 Å². The molecule has 0 aliphatic heterocycles. The van der Waals surface area contributed by atoms with Crippen LogP contribution in [-0.2, 0) is 0 Å². The smallest absolute Gasteiger partial charge is 0.0886 e. The summed E-state index contributed by atoms with van der Waals surface area (Å²) >= 11 is 0. The largest absolute Gasteiger partial charge is 0.255 e. The number of hydrogen-bond acceptors (Lipinski definition) is 2. The van der Waals surface area contributed by atoms with Gasteiger partial charge in [-0.05, 0) is 38.1 Å². The lowest BCUT2D eigenvalue weighted by atomic mass is 10.3. The number of hydrogen-bond donors (Lipinski definition) is 0. The van der Waals surface area contributed by atoms with Crippen LogP contribution < -0.4 is 0 Å². The third kappa shape index (κ3) is 4.05. The van der Waals surface area contributed by atoms with Crippen molar-refractivity contribution < 1.29 is 0 Å². The molecule has 82 valence electrons. The zero-order valence-electron chi connectivity index (χ0n) is 9.67. The Hall–Kier alpha value is -1.96. The van der Waals surface area contributed by atoms with Crippen molar-refractivity contribution in [3.05, 3.63) is 48.6 Å². The van der Waals surface area contributed by atoms with Crippen LogP contribution in [0, 0.1) is 0 Å². The standard InChI is InChI=1S/C14H16N2/c1-3-5-11-15-13-9-7-8-10-14(13)16-12-6-4-2/h3-12H,1-2H3/b5-3+,6-4+,15-11?,16-12?. The third-order valence-electron chi connectivity index (χ3n) is 1.87. The Balaban J connectivity index is 2.91. The van der Waals surface area contributed by atoms with Crippen molar-refractivity contribution >= 4 is 23.8 Å². The highest BCUT2D eigenvalue weighted by Gasteiger charge is 1.94. The van der Waals surface area contributed by atoms with Crippen LogP contribution in [0.5, 0.6) is 0 Å². The number of para-hydroxylation sites is 2. The minimum Gasteiger partial charge on any atom is -0.255 e. The van der Waals surface area contributed by atoms with E-state index < -0.39 is 0 Å². The molecule has 0 aromatic heterocycles. The SMILES string of the molecule is C/C=C/C=Nc1ccccc1N=C/C=C/C. The van der Waals surface area contributed by atoms with Crippen molar-refractivity contribution in [1.29, 1.82) is 0 Å². The molecule has 1 rings (SSSR count). The summed E-state index contributed by atoms with van der Waals surface area (Å²) in [6, 6.07) is 7.80. The zero-order chi connectivity index (χ0) is 11.6. The monoisotopic (exact) mass is 212 g/mol. The first-order chi connectivity index (χ1) is 7.88. The molecule has 2 nitrogen and oxygen atoms in total. The molecule has 0 saturated heterocycles. The van der Waals surface area contributed by atoms with Crippen molar-refractivity contribution in [2.45, 2.75) is 13.8 Å². The van der Waals surface area contributed by atoms with E-state index in [2.05, 4.69) is 9.98 Å². The van der Waals surface area contributed by atoms with Crippen molar-refractivity contribution in [2.75, 3.05) is 0 Å². The Morgan fingerprint density at radius 3 is 1.62 bits per heavy atom. The average molecular weight is 212 g/mol. The lowest BCUT2D eigenvalue weighted by molar-refractivity contribution is 1.46. The number of rotatable bonds is 4. The van der Waals surface area contributed by atoms with Gasteiger partial charge in [-0.1, -0.05) is 24.3 Å². The van der Waals surface area contributed by atoms with Gasteiger partial charge in [0.25, 0.3) is 0 Å². The molecule has 0 amide bonds. The minimum absolute atomic E-state index is 0.876. The first kappa shape index (κ1) is 12.1. The van der Waals surface area contributed by atoms with Crippen LogP contribution >= 0.6 is 0 Å². The van der Waals surface area contributed by atoms with Crippen LogP contribution in [0.4, 0.5) is 11.4 Å². The van der Waals surface area contributed by atoms with Gasteiger partial charge in [0.2, 0.25) is 0 Å². The maximum atomic E-state index is 4.33. The van der Waals surface area contributed by atoms with Gasteiger partial charge in [-0.2, -0.15) is 0 Å². The van der Waals surface area contributed by atoms with Gasteiger partial charge in [0.05, 0.1) is 11.4 Å². The van der Waals surface area contributed by atoms with Crippen LogP contribution in [-0.4, -0.2) is 12.4 Å². The van der Waals surface area contributed by atoms with Crippen LogP contribution in [0.15, 0.2) is 58.6 Å². The summed E-state index contributed by atoms with van der Waals surface area (Å²) in [5, 5.41) is 0. The number of aliphatic imine (C=N–C) groups is 2. The van der Waals surface area contributed by atoms with E-state index in [0.717, 1.165) is 11.4 Å². The van der Waals surface area contributed by atoms with Gasteiger partial charge >= 0.3 is 0 Å². The molecule has 0 spiro atoms. The molecule has 0 saturated carbocycles. The molecule has 1 aromatic rings. The third-order valence-corrected chi connectivity index (χ3v) is 1.87. The summed E-state index contributed by atoms with van der Waals surface area (Å²) in [4.78, 5) is 8.65. The summed E-state index contributed by atoms with van der Waals surface area (Å²) in [6.07, 6.45) is 11.2. The topological polar surface area (TPSA) is 24.7 Å². The lowest BCUT2D eigenvalue weighted by Crippen LogP contribution is -1.71. The van der Waals surface area contributed by atoms with Gasteiger partial charge in [0.1, 0.15) is 0 Å². The van der Waals surface area contributed by atoms with Crippen LogP contribution in [0.2, 0.25) is 0 Å². The molecular formula is C14H16N2. The molecule has 16 heavy (non-hydrogen) atoms. The molecule has 2 heteroatoms. The number of benzene rings is 1. The van der Waals surface area contributed by atoms with E-state index in [9.17, 15) is 0 Å². The predicted molar refractivity (Wildman–Crippen MR) is 72.4 cm³/mol. The second kappa shape index (κ2) is 7.35. The first-order valence-corrected chi connectivity index (χ1v) is 5.28. The van der Waals surface area contributed by atoms with E-state index in [1.165, 1.54) is 0 Å². The summed E-state index contributed by atoms with van der Waals surface area (Å²) in [7, 11) is 0. The van der Waals surface area contributed by atoms with E-state index in [0.29, 0.717) is 0 Å². The Morgan fingerprint density at radius 2 is 1.25 bits per heavy atom. The molecule has 0 bridgehead atoms.